The Kier molecular flexibility index (Phi) is 6.69. The van der Waals surface area contributed by atoms with Crippen LogP contribution in [0.3, 0.4) is 0 Å². The van der Waals surface area contributed by atoms with Gasteiger partial charge in [0.25, 0.3) is 0 Å². The first-order valence-electron chi connectivity index (χ1n) is 9.34. The molecule has 0 aliphatic carbocycles. The van der Waals surface area contributed by atoms with E-state index >= 15 is 0 Å². The fourth-order valence-corrected chi connectivity index (χ4v) is 3.33. The molecular weight excluding hydrogens is 445 g/mol. The van der Waals surface area contributed by atoms with E-state index in [1.165, 1.54) is 35.0 Å². The van der Waals surface area contributed by atoms with Crippen LogP contribution < -0.4 is 10.7 Å². The summed E-state index contributed by atoms with van der Waals surface area (Å²) >= 11 is 5.93. The minimum Gasteiger partial charge on any atom is -0.317 e. The molecule has 0 radical (unpaired) electrons. The Labute approximate surface area is 186 Å². The van der Waals surface area contributed by atoms with Crippen molar-refractivity contribution in [1.82, 2.24) is 9.99 Å². The van der Waals surface area contributed by atoms with Crippen LogP contribution in [0.5, 0.6) is 0 Å². The van der Waals surface area contributed by atoms with Gasteiger partial charge >= 0.3 is 18.0 Å². The summed E-state index contributed by atoms with van der Waals surface area (Å²) in [6.45, 7) is 3.29. The van der Waals surface area contributed by atoms with E-state index < -0.39 is 23.6 Å². The van der Waals surface area contributed by atoms with E-state index in [1.807, 2.05) is 0 Å². The zero-order valence-electron chi connectivity index (χ0n) is 17.0. The van der Waals surface area contributed by atoms with Crippen LogP contribution in [0.2, 0.25) is 5.02 Å². The number of halogens is 4. The predicted molar refractivity (Wildman–Crippen MR) is 116 cm³/mol. The molecular formula is C22H18ClF3N4O2. The summed E-state index contributed by atoms with van der Waals surface area (Å²) in [6.07, 6.45) is -3.26. The molecule has 2 amide bonds. The molecule has 32 heavy (non-hydrogen) atoms. The van der Waals surface area contributed by atoms with Crippen LogP contribution in [-0.2, 0) is 15.8 Å². The molecule has 2 aromatic carbocycles. The van der Waals surface area contributed by atoms with E-state index in [9.17, 15) is 22.8 Å². The van der Waals surface area contributed by atoms with E-state index in [1.54, 1.807) is 38.1 Å². The fourth-order valence-electron chi connectivity index (χ4n) is 3.15. The van der Waals surface area contributed by atoms with Gasteiger partial charge in [-0.05, 0) is 44.2 Å². The van der Waals surface area contributed by atoms with Gasteiger partial charge in [0, 0.05) is 17.0 Å². The monoisotopic (exact) mass is 462 g/mol. The quantitative estimate of drug-likeness (QED) is 0.330. The van der Waals surface area contributed by atoms with Crippen LogP contribution in [0.1, 0.15) is 22.5 Å². The van der Waals surface area contributed by atoms with Gasteiger partial charge in [0.2, 0.25) is 0 Å². The normalized spacial score (nSPS) is 11.6. The number of carbonyl (C=O) groups is 2. The molecule has 2 N–H and O–H groups in total. The van der Waals surface area contributed by atoms with Crippen molar-refractivity contribution in [1.29, 1.82) is 0 Å². The Hall–Kier alpha value is -3.59. The highest BCUT2D eigenvalue weighted by molar-refractivity contribution is 6.41. The standard InChI is InChI=1S/C22H18ClF3N4O2/c1-13-11-15(14(2)30(13)19-10-6-3-7-16(19)22(24,25)26)12-27-29-21(32)20(31)28-18-9-5-4-8-17(18)23/h3-12H,1-2H3,(H,28,31)(H,29,32)/b27-12-. The maximum Gasteiger partial charge on any atom is 0.418 e. The van der Waals surface area contributed by atoms with Gasteiger partial charge in [-0.25, -0.2) is 5.43 Å². The number of hydrazone groups is 1. The predicted octanol–water partition coefficient (Wildman–Crippen LogP) is 4.86. The summed E-state index contributed by atoms with van der Waals surface area (Å²) in [5, 5.41) is 6.38. The number of rotatable bonds is 4. The van der Waals surface area contributed by atoms with Crippen LogP contribution in [0.25, 0.3) is 5.69 Å². The van der Waals surface area contributed by atoms with Crippen molar-refractivity contribution in [2.75, 3.05) is 5.32 Å². The lowest BCUT2D eigenvalue weighted by atomic mass is 10.1. The molecule has 1 heterocycles. The third-order valence-electron chi connectivity index (χ3n) is 4.62. The van der Waals surface area contributed by atoms with Crippen molar-refractivity contribution in [3.05, 3.63) is 82.1 Å². The van der Waals surface area contributed by atoms with Gasteiger partial charge in [0.15, 0.2) is 0 Å². The molecule has 0 atom stereocenters. The minimum atomic E-state index is -4.52. The molecule has 0 spiro atoms. The number of nitrogens with zero attached hydrogens (tertiary/aromatic N) is 2. The second kappa shape index (κ2) is 9.27. The van der Waals surface area contributed by atoms with Gasteiger partial charge in [0.1, 0.15) is 0 Å². The van der Waals surface area contributed by atoms with E-state index in [0.717, 1.165) is 6.07 Å². The third-order valence-corrected chi connectivity index (χ3v) is 4.95. The van der Waals surface area contributed by atoms with E-state index in [0.29, 0.717) is 17.0 Å². The molecule has 3 rings (SSSR count). The maximum atomic E-state index is 13.4. The van der Waals surface area contributed by atoms with Gasteiger partial charge in [0.05, 0.1) is 28.2 Å². The average molecular weight is 463 g/mol. The molecule has 10 heteroatoms. The van der Waals surface area contributed by atoms with Gasteiger partial charge in [-0.2, -0.15) is 18.3 Å². The second-order valence-electron chi connectivity index (χ2n) is 6.81. The van der Waals surface area contributed by atoms with E-state index in [4.69, 9.17) is 11.6 Å². The molecule has 0 unspecified atom stereocenters. The lowest BCUT2D eigenvalue weighted by molar-refractivity contribution is -0.137. The number of aromatic nitrogens is 1. The first-order valence-corrected chi connectivity index (χ1v) is 9.72. The highest BCUT2D eigenvalue weighted by Crippen LogP contribution is 2.35. The Morgan fingerprint density at radius 2 is 1.69 bits per heavy atom. The molecule has 3 aromatic rings. The SMILES string of the molecule is Cc1cc(/C=N\NC(=O)C(=O)Nc2ccccc2Cl)c(C)n1-c1ccccc1C(F)(F)F. The molecule has 0 aliphatic heterocycles. The first-order chi connectivity index (χ1) is 15.1. The molecule has 0 aliphatic rings. The summed E-state index contributed by atoms with van der Waals surface area (Å²) in [5.74, 6) is -2.00. The van der Waals surface area contributed by atoms with Crippen molar-refractivity contribution in [3.63, 3.8) is 0 Å². The van der Waals surface area contributed by atoms with E-state index in [2.05, 4.69) is 15.8 Å². The maximum absolute atomic E-state index is 13.4. The summed E-state index contributed by atoms with van der Waals surface area (Å²) in [7, 11) is 0. The topological polar surface area (TPSA) is 75.5 Å². The largest absolute Gasteiger partial charge is 0.418 e. The smallest absolute Gasteiger partial charge is 0.317 e. The zero-order valence-corrected chi connectivity index (χ0v) is 17.8. The molecule has 0 bridgehead atoms. The summed E-state index contributed by atoms with van der Waals surface area (Å²) in [6, 6.07) is 13.3. The Morgan fingerprint density at radius 3 is 2.38 bits per heavy atom. The van der Waals surface area contributed by atoms with Crippen molar-refractivity contribution >= 4 is 35.3 Å². The van der Waals surface area contributed by atoms with Gasteiger partial charge in [-0.1, -0.05) is 35.9 Å². The fraction of sp³-hybridized carbons (Fsp3) is 0.136. The third kappa shape index (κ3) is 5.00. The van der Waals surface area contributed by atoms with Crippen molar-refractivity contribution in [2.24, 2.45) is 5.10 Å². The van der Waals surface area contributed by atoms with Crippen molar-refractivity contribution in [2.45, 2.75) is 20.0 Å². The number of anilines is 1. The highest BCUT2D eigenvalue weighted by atomic mass is 35.5. The molecule has 0 fully saturated rings. The lowest BCUT2D eigenvalue weighted by Crippen LogP contribution is -2.32. The van der Waals surface area contributed by atoms with Gasteiger partial charge in [-0.15, -0.1) is 0 Å². The van der Waals surface area contributed by atoms with Crippen LogP contribution in [0.4, 0.5) is 18.9 Å². The van der Waals surface area contributed by atoms with Crippen LogP contribution in [0, 0.1) is 13.8 Å². The van der Waals surface area contributed by atoms with Gasteiger partial charge in [-0.3, -0.25) is 9.59 Å². The molecule has 0 saturated heterocycles. The molecule has 6 nitrogen and oxygen atoms in total. The van der Waals surface area contributed by atoms with E-state index in [-0.39, 0.29) is 16.4 Å². The number of aryl methyl sites for hydroxylation is 1. The number of nitrogens with one attached hydrogen (secondary N) is 2. The Balaban J connectivity index is 1.77. The number of benzene rings is 2. The number of para-hydroxylation sites is 2. The Morgan fingerprint density at radius 1 is 1.03 bits per heavy atom. The number of carbonyl (C=O) groups excluding carboxylic acids is 2. The number of amides is 2. The minimum absolute atomic E-state index is 0.0159. The van der Waals surface area contributed by atoms with Gasteiger partial charge < -0.3 is 9.88 Å². The first kappa shape index (κ1) is 23.1. The lowest BCUT2D eigenvalue weighted by Gasteiger charge is -2.16. The molecule has 0 saturated carbocycles. The van der Waals surface area contributed by atoms with Crippen LogP contribution >= 0.6 is 11.6 Å². The zero-order chi connectivity index (χ0) is 23.5. The van der Waals surface area contributed by atoms with Crippen LogP contribution in [0.15, 0.2) is 59.7 Å². The second-order valence-corrected chi connectivity index (χ2v) is 7.22. The summed E-state index contributed by atoms with van der Waals surface area (Å²) < 4.78 is 41.7. The summed E-state index contributed by atoms with van der Waals surface area (Å²) in [5.41, 5.74) is 3.08. The van der Waals surface area contributed by atoms with Crippen LogP contribution in [-0.4, -0.2) is 22.6 Å². The molecule has 1 aromatic heterocycles. The number of hydrogen-bond acceptors (Lipinski definition) is 3. The van der Waals surface area contributed by atoms with Crippen molar-refractivity contribution in [3.8, 4) is 5.69 Å². The Bertz CT molecular complexity index is 1200. The average Bonchev–Trinajstić information content (AvgIpc) is 3.02. The van der Waals surface area contributed by atoms with Crippen molar-refractivity contribution < 1.29 is 22.8 Å². The number of alkyl halides is 3. The number of hydrogen-bond donors (Lipinski definition) is 2. The highest BCUT2D eigenvalue weighted by Gasteiger charge is 2.34. The summed E-state index contributed by atoms with van der Waals surface area (Å²) in [4.78, 5) is 24.0. The molecule has 166 valence electrons.